The van der Waals surface area contributed by atoms with E-state index in [1.807, 2.05) is 18.0 Å². The van der Waals surface area contributed by atoms with Crippen LogP contribution in [0.4, 0.5) is 0 Å². The highest BCUT2D eigenvalue weighted by atomic mass is 79.9. The second-order valence-electron chi connectivity index (χ2n) is 4.40. The summed E-state index contributed by atoms with van der Waals surface area (Å²) in [6.07, 6.45) is 3.31. The van der Waals surface area contributed by atoms with Gasteiger partial charge in [-0.2, -0.15) is 0 Å². The van der Waals surface area contributed by atoms with Crippen molar-refractivity contribution in [3.05, 3.63) is 20.8 Å². The Balaban J connectivity index is 1.90. The number of hydrogen-bond donors (Lipinski definition) is 1. The second kappa shape index (κ2) is 5.98. The third kappa shape index (κ3) is 3.53. The fourth-order valence-corrected chi connectivity index (χ4v) is 3.61. The molecule has 1 aliphatic rings. The van der Waals surface area contributed by atoms with E-state index < -0.39 is 0 Å². The summed E-state index contributed by atoms with van der Waals surface area (Å²) in [5, 5.41) is 3.29. The fraction of sp³-hybridized carbons (Fsp3) is 0.583. The summed E-state index contributed by atoms with van der Waals surface area (Å²) in [7, 11) is 1.88. The quantitative estimate of drug-likeness (QED) is 0.929. The van der Waals surface area contributed by atoms with Gasteiger partial charge in [0.2, 0.25) is 5.91 Å². The van der Waals surface area contributed by atoms with Crippen molar-refractivity contribution >= 4 is 33.2 Å². The summed E-state index contributed by atoms with van der Waals surface area (Å²) in [6, 6.07) is 4.11. The molecule has 1 saturated heterocycles. The third-order valence-corrected chi connectivity index (χ3v) is 4.61. The Hall–Kier alpha value is -0.390. The van der Waals surface area contributed by atoms with Crippen LogP contribution in [-0.2, 0) is 11.3 Å². The van der Waals surface area contributed by atoms with E-state index in [2.05, 4.69) is 27.3 Å². The van der Waals surface area contributed by atoms with Crippen molar-refractivity contribution in [2.45, 2.75) is 31.8 Å². The van der Waals surface area contributed by atoms with Crippen molar-refractivity contribution in [2.24, 2.45) is 0 Å². The molecule has 0 aliphatic carbocycles. The van der Waals surface area contributed by atoms with E-state index in [9.17, 15) is 4.79 Å². The number of halogens is 1. The fourth-order valence-electron chi connectivity index (χ4n) is 2.08. The molecule has 0 radical (unpaired) electrons. The van der Waals surface area contributed by atoms with Crippen molar-refractivity contribution < 1.29 is 4.79 Å². The van der Waals surface area contributed by atoms with Gasteiger partial charge in [0.15, 0.2) is 0 Å². The summed E-state index contributed by atoms with van der Waals surface area (Å²) in [5.41, 5.74) is 0. The van der Waals surface area contributed by atoms with Gasteiger partial charge in [-0.3, -0.25) is 4.79 Å². The number of hydrogen-bond acceptors (Lipinski definition) is 3. The van der Waals surface area contributed by atoms with Gasteiger partial charge in [-0.15, -0.1) is 11.3 Å². The zero-order chi connectivity index (χ0) is 12.3. The van der Waals surface area contributed by atoms with Crippen molar-refractivity contribution in [2.75, 3.05) is 13.6 Å². The van der Waals surface area contributed by atoms with E-state index in [-0.39, 0.29) is 11.9 Å². The van der Waals surface area contributed by atoms with Crippen LogP contribution < -0.4 is 5.32 Å². The Labute approximate surface area is 114 Å². The predicted octanol–water partition coefficient (Wildman–Crippen LogP) is 2.61. The molecule has 1 aromatic rings. The van der Waals surface area contributed by atoms with Gasteiger partial charge in [-0.05, 0) is 47.4 Å². The number of amides is 1. The number of likely N-dealkylation sites (N-methyl/N-ethyl adjacent to an activating group) is 1. The van der Waals surface area contributed by atoms with Gasteiger partial charge in [0.1, 0.15) is 0 Å². The number of carbonyl (C=O) groups is 1. The standard InChI is InChI=1S/C12H17BrN2OS/c1-15(8-9-5-6-11(13)17-9)12(16)10-4-2-3-7-14-10/h5-6,10,14H,2-4,7-8H2,1H3. The van der Waals surface area contributed by atoms with Gasteiger partial charge in [0.05, 0.1) is 16.4 Å². The van der Waals surface area contributed by atoms with Gasteiger partial charge >= 0.3 is 0 Å². The number of rotatable bonds is 3. The molecule has 1 aliphatic heterocycles. The molecule has 0 spiro atoms. The molecule has 2 heterocycles. The number of piperidine rings is 1. The zero-order valence-electron chi connectivity index (χ0n) is 9.91. The van der Waals surface area contributed by atoms with E-state index in [1.165, 1.54) is 11.3 Å². The first-order chi connectivity index (χ1) is 8.16. The van der Waals surface area contributed by atoms with Gasteiger partial charge in [0, 0.05) is 11.9 Å². The minimum Gasteiger partial charge on any atom is -0.339 e. The number of nitrogens with zero attached hydrogens (tertiary/aromatic N) is 1. The SMILES string of the molecule is CN(Cc1ccc(Br)s1)C(=O)C1CCCCN1. The molecule has 1 aromatic heterocycles. The summed E-state index contributed by atoms with van der Waals surface area (Å²) < 4.78 is 1.11. The van der Waals surface area contributed by atoms with Crippen LogP contribution in [0.5, 0.6) is 0 Å². The van der Waals surface area contributed by atoms with Crippen LogP contribution in [0.15, 0.2) is 15.9 Å². The van der Waals surface area contributed by atoms with Crippen molar-refractivity contribution in [1.82, 2.24) is 10.2 Å². The molecule has 0 aromatic carbocycles. The maximum atomic E-state index is 12.2. The van der Waals surface area contributed by atoms with Gasteiger partial charge < -0.3 is 10.2 Å². The maximum Gasteiger partial charge on any atom is 0.239 e. The molecule has 2 rings (SSSR count). The molecular formula is C12H17BrN2OS. The summed E-state index contributed by atoms with van der Waals surface area (Å²) >= 11 is 5.12. The van der Waals surface area contributed by atoms with Gasteiger partial charge in [0.25, 0.3) is 0 Å². The molecule has 0 saturated carbocycles. The lowest BCUT2D eigenvalue weighted by Gasteiger charge is -2.27. The van der Waals surface area contributed by atoms with Crippen LogP contribution >= 0.6 is 27.3 Å². The number of carbonyl (C=O) groups excluding carboxylic acids is 1. The van der Waals surface area contributed by atoms with Gasteiger partial charge in [-0.1, -0.05) is 6.42 Å². The van der Waals surface area contributed by atoms with E-state index in [0.717, 1.165) is 23.2 Å². The molecule has 1 fully saturated rings. The Bertz CT molecular complexity index is 388. The highest BCUT2D eigenvalue weighted by Gasteiger charge is 2.23. The van der Waals surface area contributed by atoms with Crippen LogP contribution in [0.25, 0.3) is 0 Å². The van der Waals surface area contributed by atoms with Crippen molar-refractivity contribution in [3.63, 3.8) is 0 Å². The predicted molar refractivity (Wildman–Crippen MR) is 74.1 cm³/mol. The normalized spacial score (nSPS) is 20.2. The smallest absolute Gasteiger partial charge is 0.239 e. The van der Waals surface area contributed by atoms with Gasteiger partial charge in [-0.25, -0.2) is 0 Å². The molecule has 94 valence electrons. The minimum atomic E-state index is 0.0251. The van der Waals surface area contributed by atoms with Crippen LogP contribution in [0.1, 0.15) is 24.1 Å². The minimum absolute atomic E-state index is 0.0251. The largest absolute Gasteiger partial charge is 0.339 e. The zero-order valence-corrected chi connectivity index (χ0v) is 12.3. The van der Waals surface area contributed by atoms with Crippen molar-refractivity contribution in [1.29, 1.82) is 0 Å². The Morgan fingerprint density at radius 2 is 2.41 bits per heavy atom. The molecule has 3 nitrogen and oxygen atoms in total. The average molecular weight is 317 g/mol. The van der Waals surface area contributed by atoms with Crippen LogP contribution in [0, 0.1) is 0 Å². The van der Waals surface area contributed by atoms with E-state index in [0.29, 0.717) is 6.54 Å². The lowest BCUT2D eigenvalue weighted by atomic mass is 10.0. The molecular weight excluding hydrogens is 300 g/mol. The highest BCUT2D eigenvalue weighted by molar-refractivity contribution is 9.11. The average Bonchev–Trinajstić information content (AvgIpc) is 2.75. The Morgan fingerprint density at radius 3 is 3.00 bits per heavy atom. The first kappa shape index (κ1) is 13.1. The summed E-state index contributed by atoms with van der Waals surface area (Å²) in [6.45, 7) is 1.67. The monoisotopic (exact) mass is 316 g/mol. The highest BCUT2D eigenvalue weighted by Crippen LogP contribution is 2.23. The lowest BCUT2D eigenvalue weighted by molar-refractivity contribution is -0.133. The topological polar surface area (TPSA) is 32.3 Å². The first-order valence-corrected chi connectivity index (χ1v) is 7.50. The van der Waals surface area contributed by atoms with Crippen LogP contribution in [-0.4, -0.2) is 30.4 Å². The molecule has 1 unspecified atom stereocenters. The Kier molecular flexibility index (Phi) is 4.59. The third-order valence-electron chi connectivity index (χ3n) is 3.01. The Morgan fingerprint density at radius 1 is 1.59 bits per heavy atom. The molecule has 0 bridgehead atoms. The summed E-state index contributed by atoms with van der Waals surface area (Å²) in [4.78, 5) is 15.2. The van der Waals surface area contributed by atoms with E-state index >= 15 is 0 Å². The van der Waals surface area contributed by atoms with Crippen LogP contribution in [0.2, 0.25) is 0 Å². The molecule has 17 heavy (non-hydrogen) atoms. The number of nitrogens with one attached hydrogen (secondary N) is 1. The lowest BCUT2D eigenvalue weighted by Crippen LogP contribution is -2.46. The second-order valence-corrected chi connectivity index (χ2v) is 6.95. The van der Waals surface area contributed by atoms with E-state index in [4.69, 9.17) is 0 Å². The molecule has 5 heteroatoms. The molecule has 1 N–H and O–H groups in total. The van der Waals surface area contributed by atoms with E-state index in [1.54, 1.807) is 11.3 Å². The van der Waals surface area contributed by atoms with Crippen LogP contribution in [0.3, 0.4) is 0 Å². The maximum absolute atomic E-state index is 12.2. The summed E-state index contributed by atoms with van der Waals surface area (Å²) in [5.74, 6) is 0.217. The molecule has 1 amide bonds. The molecule has 1 atom stereocenters. The first-order valence-electron chi connectivity index (χ1n) is 5.89. The van der Waals surface area contributed by atoms with Crippen molar-refractivity contribution in [3.8, 4) is 0 Å². The number of thiophene rings is 1.